The Balaban J connectivity index is 1.76. The Hall–Kier alpha value is -2.11. The number of benzene rings is 1. The van der Waals surface area contributed by atoms with Crippen molar-refractivity contribution < 1.29 is 28.3 Å². The van der Waals surface area contributed by atoms with Gasteiger partial charge in [-0.15, -0.1) is 0 Å². The molecule has 24 heavy (non-hydrogen) atoms. The number of aliphatic hydroxyl groups is 1. The van der Waals surface area contributed by atoms with E-state index in [1.165, 1.54) is 18.7 Å². The summed E-state index contributed by atoms with van der Waals surface area (Å²) in [5.41, 5.74) is 0.108. The Labute approximate surface area is 139 Å². The van der Waals surface area contributed by atoms with Crippen molar-refractivity contribution >= 4 is 19.9 Å². The molecule has 7 nitrogen and oxygen atoms in total. The third-order valence-corrected chi connectivity index (χ3v) is 4.99. The zero-order valence-corrected chi connectivity index (χ0v) is 14.3. The van der Waals surface area contributed by atoms with Gasteiger partial charge in [-0.1, -0.05) is 18.2 Å². The molecule has 1 fully saturated rings. The number of aliphatic hydroxyl groups excluding tert-OH is 1. The molecule has 1 aromatic rings. The minimum atomic E-state index is -2.92. The summed E-state index contributed by atoms with van der Waals surface area (Å²) in [5, 5.41) is 9.71. The maximum absolute atomic E-state index is 12.1. The fourth-order valence-corrected chi connectivity index (χ4v) is 3.92. The van der Waals surface area contributed by atoms with Crippen LogP contribution in [-0.2, 0) is 18.7 Å². The number of fused-ring (bicyclic) bond motifs is 1. The van der Waals surface area contributed by atoms with Gasteiger partial charge >= 0.3 is 8.25 Å². The molecule has 8 heteroatoms. The molecule has 1 saturated heterocycles. The highest BCUT2D eigenvalue weighted by atomic mass is 31.1. The first-order chi connectivity index (χ1) is 11.4. The van der Waals surface area contributed by atoms with E-state index < -0.39 is 20.3 Å². The molecule has 4 atom stereocenters. The number of hydrogen-bond acceptors (Lipinski definition) is 6. The van der Waals surface area contributed by atoms with Gasteiger partial charge in [-0.2, -0.15) is 0 Å². The second-order valence-electron chi connectivity index (χ2n) is 5.84. The van der Waals surface area contributed by atoms with Gasteiger partial charge in [0.2, 0.25) is 5.91 Å². The number of para-hydroxylation sites is 1. The maximum atomic E-state index is 12.1. The van der Waals surface area contributed by atoms with Gasteiger partial charge in [0.15, 0.2) is 5.78 Å². The van der Waals surface area contributed by atoms with Gasteiger partial charge in [0, 0.05) is 13.3 Å². The van der Waals surface area contributed by atoms with Crippen molar-refractivity contribution in [3.8, 4) is 5.75 Å². The van der Waals surface area contributed by atoms with E-state index in [1.54, 1.807) is 30.3 Å². The molecule has 128 valence electrons. The highest BCUT2D eigenvalue weighted by molar-refractivity contribution is 7.34. The lowest BCUT2D eigenvalue weighted by Gasteiger charge is -2.44. The first-order valence-electron chi connectivity index (χ1n) is 7.60. The third-order valence-electron chi connectivity index (χ3n) is 4.17. The van der Waals surface area contributed by atoms with Gasteiger partial charge in [-0.25, -0.2) is 4.57 Å². The Morgan fingerprint density at radius 1 is 1.33 bits per heavy atom. The van der Waals surface area contributed by atoms with E-state index in [-0.39, 0.29) is 35.6 Å². The number of carbonyl (C=O) groups excluding carboxylic acids is 2. The average Bonchev–Trinajstić information content (AvgIpc) is 2.82. The van der Waals surface area contributed by atoms with Crippen molar-refractivity contribution in [3.05, 3.63) is 41.8 Å². The Kier molecular flexibility index (Phi) is 4.47. The van der Waals surface area contributed by atoms with Crippen molar-refractivity contribution in [1.82, 2.24) is 4.90 Å². The van der Waals surface area contributed by atoms with Crippen LogP contribution in [0.3, 0.4) is 0 Å². The number of ketones is 1. The molecule has 3 rings (SSSR count). The number of carbonyl (C=O) groups is 2. The first kappa shape index (κ1) is 16.7. The van der Waals surface area contributed by atoms with E-state index in [0.717, 1.165) is 0 Å². The van der Waals surface area contributed by atoms with Crippen molar-refractivity contribution in [2.75, 3.05) is 0 Å². The number of Topliss-reactive ketones (excluding diaryl/α,β-unsaturated/α-hetero) is 1. The van der Waals surface area contributed by atoms with Crippen molar-refractivity contribution in [2.24, 2.45) is 5.92 Å². The highest BCUT2D eigenvalue weighted by Gasteiger charge is 2.56. The quantitative estimate of drug-likeness (QED) is 0.621. The van der Waals surface area contributed by atoms with E-state index in [9.17, 15) is 19.3 Å². The van der Waals surface area contributed by atoms with Crippen LogP contribution in [-0.4, -0.2) is 33.8 Å². The molecule has 2 heterocycles. The average molecular weight is 351 g/mol. The van der Waals surface area contributed by atoms with Crippen LogP contribution in [0.5, 0.6) is 5.75 Å². The van der Waals surface area contributed by atoms with Crippen LogP contribution in [0.15, 0.2) is 41.8 Å². The lowest BCUT2D eigenvalue weighted by atomic mass is 9.83. The fraction of sp³-hybridized carbons (Fsp3) is 0.375. The van der Waals surface area contributed by atoms with Crippen LogP contribution in [0, 0.1) is 5.92 Å². The standard InChI is InChI=1S/C16H18NO6P/c1-9(18)14-12-8-13(15(10(2)19)17(12)16(14)20)23-24(21)22-11-6-4-3-5-7-11/h3-7,9,12,14,18,24H,8H2,1-2H3/t9-,12-,14-/m1/s1. The van der Waals surface area contributed by atoms with Gasteiger partial charge in [-0.05, 0) is 19.1 Å². The lowest BCUT2D eigenvalue weighted by molar-refractivity contribution is -0.158. The fourth-order valence-electron chi connectivity index (χ4n) is 3.17. The second kappa shape index (κ2) is 6.42. The minimum Gasteiger partial charge on any atom is -0.420 e. The van der Waals surface area contributed by atoms with E-state index in [4.69, 9.17) is 9.05 Å². The molecule has 2 aliphatic heterocycles. The van der Waals surface area contributed by atoms with E-state index in [0.29, 0.717) is 5.75 Å². The monoisotopic (exact) mass is 351 g/mol. The molecule has 0 bridgehead atoms. The summed E-state index contributed by atoms with van der Waals surface area (Å²) in [5.74, 6) is -0.658. The van der Waals surface area contributed by atoms with Gasteiger partial charge < -0.3 is 19.1 Å². The molecule has 0 saturated carbocycles. The summed E-state index contributed by atoms with van der Waals surface area (Å²) in [6, 6.07) is 8.21. The van der Waals surface area contributed by atoms with Crippen LogP contribution in [0.4, 0.5) is 0 Å². The van der Waals surface area contributed by atoms with E-state index >= 15 is 0 Å². The summed E-state index contributed by atoms with van der Waals surface area (Å²) in [6.07, 6.45) is -0.575. The number of β-lactam (4-membered cyclic amide) rings is 1. The van der Waals surface area contributed by atoms with Gasteiger partial charge in [0.1, 0.15) is 17.2 Å². The smallest absolute Gasteiger partial charge is 0.418 e. The molecule has 0 radical (unpaired) electrons. The molecular weight excluding hydrogens is 333 g/mol. The van der Waals surface area contributed by atoms with Crippen molar-refractivity contribution in [3.63, 3.8) is 0 Å². The van der Waals surface area contributed by atoms with E-state index in [1.807, 2.05) is 0 Å². The summed E-state index contributed by atoms with van der Waals surface area (Å²) in [4.78, 5) is 25.4. The Morgan fingerprint density at radius 3 is 2.58 bits per heavy atom. The molecule has 1 unspecified atom stereocenters. The summed E-state index contributed by atoms with van der Waals surface area (Å²) in [6.45, 7) is 2.85. The highest BCUT2D eigenvalue weighted by Crippen LogP contribution is 2.46. The maximum Gasteiger partial charge on any atom is 0.418 e. The van der Waals surface area contributed by atoms with Gasteiger partial charge in [0.25, 0.3) is 0 Å². The van der Waals surface area contributed by atoms with Crippen molar-refractivity contribution in [1.29, 1.82) is 0 Å². The summed E-state index contributed by atoms with van der Waals surface area (Å²) < 4.78 is 22.7. The number of nitrogens with zero attached hydrogens (tertiary/aromatic N) is 1. The molecule has 2 aliphatic rings. The molecule has 0 aliphatic carbocycles. The lowest BCUT2D eigenvalue weighted by Crippen LogP contribution is -2.61. The molecule has 1 aromatic carbocycles. The number of amides is 1. The van der Waals surface area contributed by atoms with Crippen LogP contribution in [0.2, 0.25) is 0 Å². The topological polar surface area (TPSA) is 93.1 Å². The normalized spacial score (nSPS) is 25.0. The molecular formula is C16H18NO6P. The first-order valence-corrected chi connectivity index (χ1v) is 8.82. The third kappa shape index (κ3) is 2.85. The summed E-state index contributed by atoms with van der Waals surface area (Å²) in [7, 11) is -2.92. The van der Waals surface area contributed by atoms with Crippen LogP contribution < -0.4 is 4.52 Å². The zero-order chi connectivity index (χ0) is 17.4. The SMILES string of the molecule is CC(=O)C1=C(O[PH](=O)Oc2ccccc2)C[C@@H]2[C@@H]([C@@H](C)O)C(=O)N12. The molecule has 0 spiro atoms. The Bertz CT molecular complexity index is 729. The van der Waals surface area contributed by atoms with E-state index in [2.05, 4.69) is 0 Å². The summed E-state index contributed by atoms with van der Waals surface area (Å²) >= 11 is 0. The van der Waals surface area contributed by atoms with Crippen LogP contribution in [0.1, 0.15) is 20.3 Å². The number of rotatable bonds is 6. The molecule has 0 aromatic heterocycles. The van der Waals surface area contributed by atoms with Gasteiger partial charge in [0.05, 0.1) is 18.1 Å². The number of hydrogen-bond donors (Lipinski definition) is 1. The minimum absolute atomic E-state index is 0.108. The molecule has 1 amide bonds. The predicted molar refractivity (Wildman–Crippen MR) is 85.3 cm³/mol. The number of allylic oxidation sites excluding steroid dienone is 1. The predicted octanol–water partition coefficient (Wildman–Crippen LogP) is 1.88. The van der Waals surface area contributed by atoms with Crippen molar-refractivity contribution in [2.45, 2.75) is 32.4 Å². The second-order valence-corrected chi connectivity index (χ2v) is 6.75. The van der Waals surface area contributed by atoms with Crippen LogP contribution >= 0.6 is 8.25 Å². The van der Waals surface area contributed by atoms with Gasteiger partial charge in [-0.3, -0.25) is 9.59 Å². The largest absolute Gasteiger partial charge is 0.420 e. The Morgan fingerprint density at radius 2 is 2.00 bits per heavy atom. The zero-order valence-electron chi connectivity index (χ0n) is 13.3. The van der Waals surface area contributed by atoms with Crippen LogP contribution in [0.25, 0.3) is 0 Å². The molecule has 1 N–H and O–H groups in total.